The summed E-state index contributed by atoms with van der Waals surface area (Å²) in [6.07, 6.45) is 3.67. The summed E-state index contributed by atoms with van der Waals surface area (Å²) in [5.41, 5.74) is 3.19. The molecule has 172 valence electrons. The zero-order chi connectivity index (χ0) is 23.5. The first-order chi connectivity index (χ1) is 16.1. The number of para-hydroxylation sites is 1. The molecule has 0 saturated heterocycles. The van der Waals surface area contributed by atoms with Crippen LogP contribution in [0.2, 0.25) is 0 Å². The lowest BCUT2D eigenvalue weighted by molar-refractivity contribution is 0.200. The molecule has 0 amide bonds. The van der Waals surface area contributed by atoms with E-state index in [1.165, 1.54) is 0 Å². The van der Waals surface area contributed by atoms with Crippen LogP contribution in [0.5, 0.6) is 5.75 Å². The van der Waals surface area contributed by atoms with Crippen LogP contribution in [0.3, 0.4) is 0 Å². The highest BCUT2D eigenvalue weighted by molar-refractivity contribution is 5.80. The highest BCUT2D eigenvalue weighted by Crippen LogP contribution is 2.27. The molecular weight excluding hydrogens is 416 g/mol. The maximum atomic E-state index is 10.9. The van der Waals surface area contributed by atoms with E-state index in [-0.39, 0.29) is 19.8 Å². The zero-order valence-corrected chi connectivity index (χ0v) is 18.6. The van der Waals surface area contributed by atoms with Gasteiger partial charge < -0.3 is 24.5 Å². The van der Waals surface area contributed by atoms with Crippen LogP contribution in [0.15, 0.2) is 101 Å². The summed E-state index contributed by atoms with van der Waals surface area (Å²) in [6.45, 7) is 3.91. The number of aliphatic hydroxyl groups is 3. The molecule has 1 heterocycles. The van der Waals surface area contributed by atoms with Crippen molar-refractivity contribution in [3.8, 4) is 5.75 Å². The maximum absolute atomic E-state index is 10.9. The van der Waals surface area contributed by atoms with E-state index in [9.17, 15) is 15.3 Å². The molecule has 0 aliphatic carbocycles. The number of hydrogen-bond acceptors (Lipinski definition) is 5. The average Bonchev–Trinajstić information content (AvgIpc) is 3.32. The number of furan rings is 1. The Hall–Kier alpha value is -3.38. The molecule has 33 heavy (non-hydrogen) atoms. The number of hydrogen-bond donors (Lipinski definition) is 3. The molecule has 0 bridgehead atoms. The molecule has 1 unspecified atom stereocenters. The Morgan fingerprint density at radius 3 is 2.30 bits per heavy atom. The lowest BCUT2D eigenvalue weighted by Crippen LogP contribution is -2.16. The van der Waals surface area contributed by atoms with E-state index < -0.39 is 6.10 Å². The van der Waals surface area contributed by atoms with Gasteiger partial charge in [0.05, 0.1) is 12.7 Å². The summed E-state index contributed by atoms with van der Waals surface area (Å²) in [4.78, 5) is 0. The van der Waals surface area contributed by atoms with Crippen LogP contribution in [-0.4, -0.2) is 34.6 Å². The van der Waals surface area contributed by atoms with Crippen LogP contribution in [0.4, 0.5) is 0 Å². The fraction of sp³-hybridized carbons (Fsp3) is 0.214. The minimum Gasteiger partial charge on any atom is -0.489 e. The van der Waals surface area contributed by atoms with E-state index >= 15 is 0 Å². The molecule has 3 N–H and O–H groups in total. The minimum absolute atomic E-state index is 0.157. The number of ether oxygens (including phenoxy) is 1. The normalized spacial score (nSPS) is 13.1. The Balaban J connectivity index is 1.71. The van der Waals surface area contributed by atoms with Crippen LogP contribution in [-0.2, 0) is 6.61 Å². The third kappa shape index (κ3) is 7.32. The van der Waals surface area contributed by atoms with Crippen molar-refractivity contribution in [3.05, 3.63) is 114 Å². The van der Waals surface area contributed by atoms with Gasteiger partial charge in [-0.2, -0.15) is 0 Å². The quantitative estimate of drug-likeness (QED) is 0.341. The highest BCUT2D eigenvalue weighted by Gasteiger charge is 2.16. The smallest absolute Gasteiger partial charge is 0.130 e. The van der Waals surface area contributed by atoms with E-state index in [2.05, 4.69) is 6.58 Å². The monoisotopic (exact) mass is 446 g/mol. The van der Waals surface area contributed by atoms with Gasteiger partial charge in [-0.3, -0.25) is 0 Å². The van der Waals surface area contributed by atoms with Crippen molar-refractivity contribution >= 4 is 11.6 Å². The van der Waals surface area contributed by atoms with Gasteiger partial charge in [-0.25, -0.2) is 0 Å². The van der Waals surface area contributed by atoms with Crippen molar-refractivity contribution in [1.29, 1.82) is 0 Å². The van der Waals surface area contributed by atoms with Gasteiger partial charge in [0, 0.05) is 0 Å². The van der Waals surface area contributed by atoms with Gasteiger partial charge in [-0.05, 0) is 65.5 Å². The average molecular weight is 447 g/mol. The highest BCUT2D eigenvalue weighted by atomic mass is 16.5. The van der Waals surface area contributed by atoms with Crippen molar-refractivity contribution in [2.45, 2.75) is 25.6 Å². The predicted octanol–water partition coefficient (Wildman–Crippen LogP) is 5.01. The molecule has 0 aliphatic heterocycles. The van der Waals surface area contributed by atoms with Crippen molar-refractivity contribution in [3.63, 3.8) is 0 Å². The Morgan fingerprint density at radius 2 is 1.67 bits per heavy atom. The molecule has 1 aromatic heterocycles. The third-order valence-electron chi connectivity index (χ3n) is 5.22. The summed E-state index contributed by atoms with van der Waals surface area (Å²) in [5.74, 6) is 1.85. The van der Waals surface area contributed by atoms with Gasteiger partial charge >= 0.3 is 0 Å². The fourth-order valence-electron chi connectivity index (χ4n) is 3.51. The second-order valence-corrected chi connectivity index (χ2v) is 7.60. The van der Waals surface area contributed by atoms with E-state index in [4.69, 9.17) is 9.15 Å². The van der Waals surface area contributed by atoms with Gasteiger partial charge in [0.1, 0.15) is 30.5 Å². The third-order valence-corrected chi connectivity index (χ3v) is 5.22. The summed E-state index contributed by atoms with van der Waals surface area (Å²) in [6, 6.07) is 22.8. The van der Waals surface area contributed by atoms with E-state index in [1.54, 1.807) is 12.1 Å². The van der Waals surface area contributed by atoms with Gasteiger partial charge in [0.2, 0.25) is 0 Å². The molecule has 5 nitrogen and oxygen atoms in total. The van der Waals surface area contributed by atoms with Crippen LogP contribution >= 0.6 is 0 Å². The van der Waals surface area contributed by atoms with Gasteiger partial charge in [0.25, 0.3) is 0 Å². The molecule has 1 atom stereocenters. The molecule has 0 spiro atoms. The Labute approximate surface area is 194 Å². The standard InChI is InChI=1S/C28H30O5/c1-21(20-32-24-10-6-3-7-11-24)27(16-17-29)28(31)15-12-23(22-8-4-2-5-9-22)18-25-13-14-26(19-30)33-25/h2-11,13-14,16,18,28-31H,1,12,15,17,19-20H2/b23-18-,27-16-. The predicted molar refractivity (Wildman–Crippen MR) is 130 cm³/mol. The van der Waals surface area contributed by atoms with Crippen LogP contribution in [0, 0.1) is 0 Å². The summed E-state index contributed by atoms with van der Waals surface area (Å²) < 4.78 is 11.4. The summed E-state index contributed by atoms with van der Waals surface area (Å²) in [7, 11) is 0. The molecule has 0 aliphatic rings. The van der Waals surface area contributed by atoms with E-state index in [0.29, 0.717) is 41.3 Å². The zero-order valence-electron chi connectivity index (χ0n) is 18.6. The number of rotatable bonds is 12. The molecule has 5 heteroatoms. The first kappa shape index (κ1) is 24.3. The molecule has 0 radical (unpaired) electrons. The second kappa shape index (κ2) is 12.6. The van der Waals surface area contributed by atoms with Crippen LogP contribution in [0.25, 0.3) is 11.6 Å². The van der Waals surface area contributed by atoms with Crippen molar-refractivity contribution in [1.82, 2.24) is 0 Å². The van der Waals surface area contributed by atoms with E-state index in [0.717, 1.165) is 11.1 Å². The largest absolute Gasteiger partial charge is 0.489 e. The Morgan fingerprint density at radius 1 is 0.970 bits per heavy atom. The maximum Gasteiger partial charge on any atom is 0.130 e. The molecule has 2 aromatic carbocycles. The lowest BCUT2D eigenvalue weighted by atomic mass is 9.93. The van der Waals surface area contributed by atoms with Gasteiger partial charge in [0.15, 0.2) is 0 Å². The van der Waals surface area contributed by atoms with Crippen molar-refractivity contribution in [2.75, 3.05) is 13.2 Å². The van der Waals surface area contributed by atoms with Gasteiger partial charge in [-0.1, -0.05) is 61.2 Å². The molecule has 0 saturated carbocycles. The minimum atomic E-state index is -0.819. The SMILES string of the molecule is C=C(COc1ccccc1)/C(=C/CO)C(O)CC/C(=C/c1ccc(CO)o1)c1ccccc1. The van der Waals surface area contributed by atoms with E-state index in [1.807, 2.05) is 72.8 Å². The summed E-state index contributed by atoms with van der Waals surface area (Å²) >= 11 is 0. The second-order valence-electron chi connectivity index (χ2n) is 7.60. The molecule has 0 fully saturated rings. The lowest BCUT2D eigenvalue weighted by Gasteiger charge is -2.19. The Bertz CT molecular complexity index is 1060. The Kier molecular flexibility index (Phi) is 9.27. The topological polar surface area (TPSA) is 83.1 Å². The van der Waals surface area contributed by atoms with Crippen molar-refractivity contribution < 1.29 is 24.5 Å². The fourth-order valence-corrected chi connectivity index (χ4v) is 3.51. The first-order valence-electron chi connectivity index (χ1n) is 10.9. The van der Waals surface area contributed by atoms with Crippen LogP contribution < -0.4 is 4.74 Å². The van der Waals surface area contributed by atoms with Crippen LogP contribution in [0.1, 0.15) is 29.9 Å². The number of benzene rings is 2. The summed E-state index contributed by atoms with van der Waals surface area (Å²) in [5, 5.41) is 29.7. The molecule has 3 rings (SSSR count). The first-order valence-corrected chi connectivity index (χ1v) is 10.9. The van der Waals surface area contributed by atoms with Gasteiger partial charge in [-0.15, -0.1) is 0 Å². The molecule has 3 aromatic rings. The number of aliphatic hydroxyl groups excluding tert-OH is 3. The molecular formula is C28H30O5. The van der Waals surface area contributed by atoms with Crippen molar-refractivity contribution in [2.24, 2.45) is 0 Å². The number of allylic oxidation sites excluding steroid dienone is 1.